The fourth-order valence-corrected chi connectivity index (χ4v) is 3.50. The van der Waals surface area contributed by atoms with Crippen LogP contribution in [0.1, 0.15) is 107 Å². The zero-order chi connectivity index (χ0) is 26.6. The number of hydrogen-bond donors (Lipinski definition) is 4. The summed E-state index contributed by atoms with van der Waals surface area (Å²) in [6.07, 6.45) is 8.15. The largest absolute Gasteiger partial charge is 0.679 e. The fraction of sp³-hybridized carbons (Fsp3) is 1.00. The summed E-state index contributed by atoms with van der Waals surface area (Å²) >= 11 is 0. The van der Waals surface area contributed by atoms with Crippen molar-refractivity contribution >= 4 is 9.05 Å². The molecule has 0 atom stereocenters. The van der Waals surface area contributed by atoms with Gasteiger partial charge in [0.25, 0.3) is 0 Å². The van der Waals surface area contributed by atoms with Crippen molar-refractivity contribution in [3.63, 3.8) is 0 Å². The van der Waals surface area contributed by atoms with Crippen molar-refractivity contribution in [1.82, 2.24) is 0 Å². The minimum absolute atomic E-state index is 0. The van der Waals surface area contributed by atoms with Gasteiger partial charge in [-0.15, -0.1) is 0 Å². The smallest absolute Gasteiger partial charge is 0.396 e. The summed E-state index contributed by atoms with van der Waals surface area (Å²) in [4.78, 5) is 0. The maximum Gasteiger partial charge on any atom is 0.679 e. The zero-order valence-corrected chi connectivity index (χ0v) is 26.3. The molecule has 0 aromatic heterocycles. The first kappa shape index (κ1) is 47.8. The number of unbranched alkanes of at least 4 members (excludes halogenated alkanes) is 4. The molecule has 212 valence electrons. The second-order valence-corrected chi connectivity index (χ2v) is 8.70. The molecule has 34 heavy (non-hydrogen) atoms. The van der Waals surface area contributed by atoms with Gasteiger partial charge in [0, 0.05) is 74.6 Å². The van der Waals surface area contributed by atoms with Crippen LogP contribution in [0.25, 0.3) is 0 Å². The topological polar surface area (TPSA) is 118 Å². The molecule has 0 rings (SSSR count). The van der Waals surface area contributed by atoms with Gasteiger partial charge in [0.1, 0.15) is 0 Å². The Morgan fingerprint density at radius 1 is 0.412 bits per heavy atom. The second kappa shape index (κ2) is 50.5. The molecule has 8 nitrogen and oxygen atoms in total. The van der Waals surface area contributed by atoms with Crippen LogP contribution in [0.15, 0.2) is 0 Å². The maximum absolute atomic E-state index is 8.07. The molecule has 0 amide bonds. The van der Waals surface area contributed by atoms with Crippen LogP contribution in [-0.2, 0) is 39.4 Å². The van der Waals surface area contributed by atoms with Crippen molar-refractivity contribution < 1.29 is 59.8 Å². The van der Waals surface area contributed by atoms with Crippen molar-refractivity contribution in [2.24, 2.45) is 0 Å². The van der Waals surface area contributed by atoms with E-state index < -0.39 is 9.05 Å². The molecule has 0 saturated heterocycles. The molecular formula is C24H60O8SiTi. The molecule has 0 aliphatic carbocycles. The average molecular weight is 553 g/mol. The van der Waals surface area contributed by atoms with Crippen LogP contribution in [0.5, 0.6) is 0 Å². The van der Waals surface area contributed by atoms with Gasteiger partial charge in [0.05, 0.1) is 0 Å². The summed E-state index contributed by atoms with van der Waals surface area (Å²) in [5.74, 6) is 0. The van der Waals surface area contributed by atoms with Gasteiger partial charge in [-0.05, 0) is 53.4 Å². The van der Waals surface area contributed by atoms with Crippen LogP contribution in [0.4, 0.5) is 0 Å². The maximum atomic E-state index is 8.07. The second-order valence-electron chi connectivity index (χ2n) is 6.54. The van der Waals surface area contributed by atoms with E-state index in [2.05, 4.69) is 27.7 Å². The van der Waals surface area contributed by atoms with Crippen molar-refractivity contribution in [1.29, 1.82) is 0 Å². The van der Waals surface area contributed by atoms with Gasteiger partial charge >= 0.3 is 9.05 Å². The predicted molar refractivity (Wildman–Crippen MR) is 140 cm³/mol. The number of rotatable bonds is 16. The van der Waals surface area contributed by atoms with E-state index in [1.54, 1.807) is 0 Å². The van der Waals surface area contributed by atoms with Crippen LogP contribution in [0, 0.1) is 0 Å². The Bertz CT molecular complexity index is 220. The van der Waals surface area contributed by atoms with Crippen LogP contribution in [0.3, 0.4) is 0 Å². The first-order valence-electron chi connectivity index (χ1n) is 12.9. The number of aliphatic hydroxyl groups is 4. The molecule has 0 fully saturated rings. The van der Waals surface area contributed by atoms with E-state index in [1.807, 2.05) is 27.7 Å². The third-order valence-corrected chi connectivity index (χ3v) is 5.90. The zero-order valence-electron chi connectivity index (χ0n) is 23.7. The van der Waals surface area contributed by atoms with E-state index in [4.69, 9.17) is 38.1 Å². The summed E-state index contributed by atoms with van der Waals surface area (Å²) in [5, 5.41) is 32.3. The Labute approximate surface area is 228 Å². The molecule has 0 heterocycles. The predicted octanol–water partition coefficient (Wildman–Crippen LogP) is 4.68. The minimum Gasteiger partial charge on any atom is -0.396 e. The third kappa shape index (κ3) is 53.8. The Morgan fingerprint density at radius 2 is 0.588 bits per heavy atom. The van der Waals surface area contributed by atoms with Crippen LogP contribution < -0.4 is 0 Å². The molecule has 0 aromatic rings. The summed E-state index contributed by atoms with van der Waals surface area (Å²) < 4.78 is 21.7. The fourth-order valence-electron chi connectivity index (χ4n) is 1.59. The van der Waals surface area contributed by atoms with Gasteiger partial charge in [-0.1, -0.05) is 53.4 Å². The molecule has 4 N–H and O–H groups in total. The van der Waals surface area contributed by atoms with E-state index in [1.165, 1.54) is 0 Å². The molecule has 0 aromatic carbocycles. The van der Waals surface area contributed by atoms with Gasteiger partial charge in [-0.3, -0.25) is 0 Å². The van der Waals surface area contributed by atoms with Gasteiger partial charge in [0.2, 0.25) is 0 Å². The quantitative estimate of drug-likeness (QED) is 0.204. The van der Waals surface area contributed by atoms with Crippen molar-refractivity contribution in [3.05, 3.63) is 0 Å². The SMILES string of the molecule is CCCCO.CCCCO.CCCCO.CCCCO.CCO[Si](OCC)(OCC)OCC.[Ti]. The Hall–Kier alpha value is 0.611. The average Bonchev–Trinajstić information content (AvgIpc) is 2.79. The van der Waals surface area contributed by atoms with Crippen molar-refractivity contribution in [2.45, 2.75) is 107 Å². The molecule has 0 radical (unpaired) electrons. The third-order valence-electron chi connectivity index (χ3n) is 3.33. The molecule has 0 aliphatic rings. The van der Waals surface area contributed by atoms with E-state index in [0.29, 0.717) is 52.9 Å². The Kier molecular flexibility index (Phi) is 70.9. The monoisotopic (exact) mass is 552 g/mol. The molecule has 0 aliphatic heterocycles. The summed E-state index contributed by atoms with van der Waals surface area (Å²) in [7, 11) is -2.80. The van der Waals surface area contributed by atoms with Crippen LogP contribution in [0.2, 0.25) is 0 Å². The van der Waals surface area contributed by atoms with E-state index in [0.717, 1.165) is 51.4 Å². The standard InChI is InChI=1S/C8H20O4Si.4C4H10O.Ti/c1-5-9-13(10-6-2,11-7-3)12-8-4;4*1-2-3-4-5;/h5-8H2,1-4H3;4*5H,2-4H2,1H3;. The van der Waals surface area contributed by atoms with Gasteiger partial charge in [0.15, 0.2) is 0 Å². The molecular weight excluding hydrogens is 492 g/mol. The van der Waals surface area contributed by atoms with Crippen LogP contribution >= 0.6 is 0 Å². The summed E-state index contributed by atoms with van der Waals surface area (Å²) in [6, 6.07) is 0. The normalized spacial score (nSPS) is 9.53. The number of hydrogen-bond acceptors (Lipinski definition) is 8. The molecule has 0 saturated carbocycles. The number of aliphatic hydroxyl groups excluding tert-OH is 4. The Balaban J connectivity index is -0.0000000786. The van der Waals surface area contributed by atoms with E-state index in [-0.39, 0.29) is 21.7 Å². The molecule has 0 unspecified atom stereocenters. The van der Waals surface area contributed by atoms with Crippen LogP contribution in [-0.4, -0.2) is 82.3 Å². The molecule has 0 bridgehead atoms. The molecule has 10 heteroatoms. The van der Waals surface area contributed by atoms with E-state index in [9.17, 15) is 0 Å². The summed E-state index contributed by atoms with van der Waals surface area (Å²) in [6.45, 7) is 19.4. The summed E-state index contributed by atoms with van der Waals surface area (Å²) in [5.41, 5.74) is 0. The Morgan fingerprint density at radius 3 is 0.647 bits per heavy atom. The van der Waals surface area contributed by atoms with Gasteiger partial charge < -0.3 is 38.1 Å². The van der Waals surface area contributed by atoms with Crippen molar-refractivity contribution in [2.75, 3.05) is 52.9 Å². The van der Waals surface area contributed by atoms with E-state index >= 15 is 0 Å². The first-order chi connectivity index (χ1) is 15.9. The van der Waals surface area contributed by atoms with Crippen molar-refractivity contribution in [3.8, 4) is 0 Å². The molecule has 0 spiro atoms. The van der Waals surface area contributed by atoms with Gasteiger partial charge in [-0.25, -0.2) is 0 Å². The first-order valence-corrected chi connectivity index (χ1v) is 14.5. The minimum atomic E-state index is -2.80. The van der Waals surface area contributed by atoms with Gasteiger partial charge in [-0.2, -0.15) is 0 Å².